The Bertz CT molecular complexity index is 1800. The highest BCUT2D eigenvalue weighted by Crippen LogP contribution is 2.46. The standard InChI is InChI=1S/C29H28F2N6O5S/c1-29(2)15-43(40)5-4-36(29)28(39)26-22-14-42-24-10-23(41-3)20(16-11-33-35(12-16)13-25(32)38)9-21(24)27(22)37(34-26)19-7-17(30)6-18(31)8-19/h6-12H,4-5,13-15H2,1-3H3,(H2,32,38). The van der Waals surface area contributed by atoms with Gasteiger partial charge in [0.1, 0.15) is 36.3 Å². The first-order chi connectivity index (χ1) is 20.4. The SMILES string of the molecule is COc1cc2c(cc1-c1cnn(CC(N)=O)c1)-c1c(c(C(=O)N3CCS(=O)CC3(C)C)nn1-c1cc(F)cc(F)c1)CO2. The highest BCUT2D eigenvalue weighted by molar-refractivity contribution is 7.85. The van der Waals surface area contributed by atoms with Gasteiger partial charge in [0.15, 0.2) is 5.69 Å². The lowest BCUT2D eigenvalue weighted by Crippen LogP contribution is -2.56. The van der Waals surface area contributed by atoms with Gasteiger partial charge in [-0.1, -0.05) is 0 Å². The number of benzene rings is 2. The van der Waals surface area contributed by atoms with Crippen LogP contribution in [0.3, 0.4) is 0 Å². The molecule has 2 aromatic carbocycles. The van der Waals surface area contributed by atoms with Crippen LogP contribution in [0.25, 0.3) is 28.1 Å². The molecule has 0 bridgehead atoms. The van der Waals surface area contributed by atoms with Crippen molar-refractivity contribution < 1.29 is 32.1 Å². The van der Waals surface area contributed by atoms with E-state index in [1.807, 2.05) is 13.8 Å². The molecule has 2 N–H and O–H groups in total. The Hall–Kier alpha value is -4.59. The van der Waals surface area contributed by atoms with E-state index in [0.717, 1.165) is 18.2 Å². The highest BCUT2D eigenvalue weighted by atomic mass is 32.2. The van der Waals surface area contributed by atoms with Crippen molar-refractivity contribution in [1.82, 2.24) is 24.5 Å². The lowest BCUT2D eigenvalue weighted by atomic mass is 9.96. The Kier molecular flexibility index (Phi) is 7.03. The van der Waals surface area contributed by atoms with Crippen LogP contribution in [0.5, 0.6) is 11.5 Å². The molecule has 2 aliphatic heterocycles. The van der Waals surface area contributed by atoms with E-state index < -0.39 is 39.8 Å². The van der Waals surface area contributed by atoms with E-state index in [9.17, 15) is 22.6 Å². The summed E-state index contributed by atoms with van der Waals surface area (Å²) in [4.78, 5) is 27.1. The number of nitrogens with two attached hydrogens (primary N) is 1. The Balaban J connectivity index is 1.55. The molecule has 2 aliphatic rings. The molecule has 2 amide bonds. The molecule has 2 aromatic heterocycles. The first kappa shape index (κ1) is 28.5. The second-order valence-electron chi connectivity index (χ2n) is 11.0. The molecule has 0 aliphatic carbocycles. The van der Waals surface area contributed by atoms with Crippen molar-refractivity contribution in [2.24, 2.45) is 5.73 Å². The van der Waals surface area contributed by atoms with Crippen molar-refractivity contribution in [3.05, 3.63) is 65.6 Å². The number of carbonyl (C=O) groups excluding carboxylic acids is 2. The summed E-state index contributed by atoms with van der Waals surface area (Å²) in [5.41, 5.74) is 7.29. The molecule has 43 heavy (non-hydrogen) atoms. The molecule has 1 atom stereocenters. The van der Waals surface area contributed by atoms with Crippen LogP contribution in [0, 0.1) is 11.6 Å². The van der Waals surface area contributed by atoms with Gasteiger partial charge in [0.25, 0.3) is 5.91 Å². The number of hydrogen-bond acceptors (Lipinski definition) is 7. The van der Waals surface area contributed by atoms with Gasteiger partial charge in [-0.2, -0.15) is 10.2 Å². The Morgan fingerprint density at radius 2 is 1.88 bits per heavy atom. The molecular weight excluding hydrogens is 582 g/mol. The van der Waals surface area contributed by atoms with Crippen LogP contribution in [0.1, 0.15) is 29.9 Å². The Morgan fingerprint density at radius 1 is 1.14 bits per heavy atom. The van der Waals surface area contributed by atoms with Crippen molar-refractivity contribution in [1.29, 1.82) is 0 Å². The molecule has 4 aromatic rings. The van der Waals surface area contributed by atoms with Crippen LogP contribution in [0.15, 0.2) is 42.7 Å². The first-order valence-electron chi connectivity index (χ1n) is 13.4. The molecule has 6 rings (SSSR count). The number of hydrogen-bond donors (Lipinski definition) is 1. The molecule has 14 heteroatoms. The zero-order chi connectivity index (χ0) is 30.6. The lowest BCUT2D eigenvalue weighted by Gasteiger charge is -2.41. The lowest BCUT2D eigenvalue weighted by molar-refractivity contribution is -0.118. The number of halogens is 2. The maximum absolute atomic E-state index is 14.4. The molecule has 1 unspecified atom stereocenters. The number of primary amides is 1. The molecule has 1 fully saturated rings. The number of nitrogens with zero attached hydrogens (tertiary/aromatic N) is 5. The van der Waals surface area contributed by atoms with Gasteiger partial charge in [0.05, 0.1) is 24.7 Å². The van der Waals surface area contributed by atoms with Crippen LogP contribution >= 0.6 is 0 Å². The van der Waals surface area contributed by atoms with Crippen LogP contribution in [-0.4, -0.2) is 71.2 Å². The minimum absolute atomic E-state index is 0.0412. The third-order valence-corrected chi connectivity index (χ3v) is 9.17. The van der Waals surface area contributed by atoms with E-state index in [0.29, 0.717) is 51.0 Å². The molecule has 1 saturated heterocycles. The quantitative estimate of drug-likeness (QED) is 0.355. The van der Waals surface area contributed by atoms with Gasteiger partial charge in [-0.3, -0.25) is 18.5 Å². The molecule has 224 valence electrons. The average molecular weight is 611 g/mol. The van der Waals surface area contributed by atoms with Crippen molar-refractivity contribution in [3.63, 3.8) is 0 Å². The third kappa shape index (κ3) is 5.15. The molecule has 11 nitrogen and oxygen atoms in total. The number of ether oxygens (including phenoxy) is 2. The monoisotopic (exact) mass is 610 g/mol. The number of fused-ring (bicyclic) bond motifs is 3. The molecular formula is C29H28F2N6O5S. The summed E-state index contributed by atoms with van der Waals surface area (Å²) < 4.78 is 55.6. The average Bonchev–Trinajstić information content (AvgIpc) is 3.55. The van der Waals surface area contributed by atoms with Gasteiger partial charge in [-0.15, -0.1) is 0 Å². The fourth-order valence-corrected chi connectivity index (χ4v) is 7.06. The predicted molar refractivity (Wildman–Crippen MR) is 153 cm³/mol. The van der Waals surface area contributed by atoms with Crippen molar-refractivity contribution in [2.75, 3.05) is 25.2 Å². The number of methoxy groups -OCH3 is 1. The summed E-state index contributed by atoms with van der Waals surface area (Å²) in [5, 5.41) is 8.83. The number of rotatable bonds is 6. The largest absolute Gasteiger partial charge is 0.496 e. The first-order valence-corrected chi connectivity index (χ1v) is 14.9. The maximum Gasteiger partial charge on any atom is 0.275 e. The molecule has 4 heterocycles. The number of amides is 2. The minimum Gasteiger partial charge on any atom is -0.496 e. The van der Waals surface area contributed by atoms with Crippen LogP contribution in [0.4, 0.5) is 8.78 Å². The highest BCUT2D eigenvalue weighted by Gasteiger charge is 2.40. The van der Waals surface area contributed by atoms with E-state index in [1.165, 1.54) is 16.5 Å². The fraction of sp³-hybridized carbons (Fsp3) is 0.310. The molecule has 0 radical (unpaired) electrons. The van der Waals surface area contributed by atoms with Gasteiger partial charge in [0, 0.05) is 75.0 Å². The third-order valence-electron chi connectivity index (χ3n) is 7.50. The summed E-state index contributed by atoms with van der Waals surface area (Å²) in [5.74, 6) is -1.08. The summed E-state index contributed by atoms with van der Waals surface area (Å²) >= 11 is 0. The van der Waals surface area contributed by atoms with Gasteiger partial charge < -0.3 is 20.1 Å². The summed E-state index contributed by atoms with van der Waals surface area (Å²) in [7, 11) is 0.435. The predicted octanol–water partition coefficient (Wildman–Crippen LogP) is 3.05. The van der Waals surface area contributed by atoms with Crippen LogP contribution in [-0.2, 0) is 28.7 Å². The van der Waals surface area contributed by atoms with E-state index in [2.05, 4.69) is 10.2 Å². The van der Waals surface area contributed by atoms with E-state index >= 15 is 0 Å². The Morgan fingerprint density at radius 3 is 2.56 bits per heavy atom. The summed E-state index contributed by atoms with van der Waals surface area (Å²) in [6, 6.07) is 6.45. The van der Waals surface area contributed by atoms with E-state index in [4.69, 9.17) is 15.2 Å². The smallest absolute Gasteiger partial charge is 0.275 e. The molecule has 0 saturated carbocycles. The zero-order valence-electron chi connectivity index (χ0n) is 23.6. The Labute approximate surface area is 247 Å². The minimum atomic E-state index is -1.06. The van der Waals surface area contributed by atoms with Gasteiger partial charge in [0.2, 0.25) is 5.91 Å². The van der Waals surface area contributed by atoms with E-state index in [1.54, 1.807) is 29.4 Å². The second-order valence-corrected chi connectivity index (χ2v) is 12.6. The van der Waals surface area contributed by atoms with Gasteiger partial charge in [-0.05, 0) is 32.0 Å². The second kappa shape index (κ2) is 10.6. The van der Waals surface area contributed by atoms with Crippen LogP contribution in [0.2, 0.25) is 0 Å². The number of carbonyl (C=O) groups is 2. The molecule has 0 spiro atoms. The maximum atomic E-state index is 14.4. The fourth-order valence-electron chi connectivity index (χ4n) is 5.59. The summed E-state index contributed by atoms with van der Waals surface area (Å²) in [6.45, 7) is 3.79. The van der Waals surface area contributed by atoms with Gasteiger partial charge >= 0.3 is 0 Å². The normalized spacial score (nSPS) is 17.1. The van der Waals surface area contributed by atoms with E-state index in [-0.39, 0.29) is 31.1 Å². The zero-order valence-corrected chi connectivity index (χ0v) is 24.4. The summed E-state index contributed by atoms with van der Waals surface area (Å²) in [6.07, 6.45) is 3.19. The van der Waals surface area contributed by atoms with Crippen molar-refractivity contribution in [2.45, 2.75) is 32.5 Å². The van der Waals surface area contributed by atoms with Crippen LogP contribution < -0.4 is 15.2 Å². The van der Waals surface area contributed by atoms with Crippen molar-refractivity contribution >= 4 is 22.6 Å². The van der Waals surface area contributed by atoms with Gasteiger partial charge in [-0.25, -0.2) is 13.5 Å². The topological polar surface area (TPSA) is 135 Å². The number of aromatic nitrogens is 4. The van der Waals surface area contributed by atoms with Crippen molar-refractivity contribution in [3.8, 4) is 39.6 Å².